The van der Waals surface area contributed by atoms with Gasteiger partial charge in [-0.15, -0.1) is 0 Å². The van der Waals surface area contributed by atoms with Crippen LogP contribution in [-0.2, 0) is 27.1 Å². The highest BCUT2D eigenvalue weighted by Crippen LogP contribution is 2.43. The van der Waals surface area contributed by atoms with Crippen molar-refractivity contribution in [3.8, 4) is 0 Å². The minimum atomic E-state index is -1.40. The van der Waals surface area contributed by atoms with Crippen molar-refractivity contribution in [1.82, 2.24) is 0 Å². The highest BCUT2D eigenvalue weighted by molar-refractivity contribution is 5.66. The fourth-order valence-corrected chi connectivity index (χ4v) is 4.85. The number of carboxylic acid groups (broad SMARTS) is 1. The van der Waals surface area contributed by atoms with E-state index in [2.05, 4.69) is 25.1 Å². The van der Waals surface area contributed by atoms with Crippen molar-refractivity contribution in [3.05, 3.63) is 59.7 Å². The molecule has 3 N–H and O–H groups in total. The zero-order valence-corrected chi connectivity index (χ0v) is 19.6. The summed E-state index contributed by atoms with van der Waals surface area (Å²) in [6, 6.07) is 8.17. The van der Waals surface area contributed by atoms with Crippen molar-refractivity contribution in [2.24, 2.45) is 11.8 Å². The Balaban J connectivity index is 1.59. The van der Waals surface area contributed by atoms with E-state index in [4.69, 9.17) is 14.6 Å². The molecule has 0 spiro atoms. The van der Waals surface area contributed by atoms with Gasteiger partial charge in [-0.1, -0.05) is 49.4 Å². The molecule has 182 valence electrons. The van der Waals surface area contributed by atoms with Crippen LogP contribution in [0, 0.1) is 11.8 Å². The Morgan fingerprint density at radius 3 is 2.88 bits per heavy atom. The van der Waals surface area contributed by atoms with Crippen molar-refractivity contribution in [2.45, 2.75) is 76.3 Å². The van der Waals surface area contributed by atoms with Gasteiger partial charge in [-0.25, -0.2) is 0 Å². The molecule has 0 aromatic heterocycles. The molecule has 0 saturated heterocycles. The van der Waals surface area contributed by atoms with E-state index in [1.165, 1.54) is 5.56 Å². The van der Waals surface area contributed by atoms with E-state index in [1.54, 1.807) is 6.08 Å². The third-order valence-electron chi connectivity index (χ3n) is 6.49. The first-order valence-corrected chi connectivity index (χ1v) is 12.2. The number of carboxylic acids is 1. The van der Waals surface area contributed by atoms with Crippen LogP contribution in [0.1, 0.15) is 56.6 Å². The van der Waals surface area contributed by atoms with Crippen LogP contribution in [0.25, 0.3) is 0 Å². The van der Waals surface area contributed by atoms with Crippen LogP contribution in [0.15, 0.2) is 48.6 Å². The first-order valence-electron chi connectivity index (χ1n) is 12.2. The quantitative estimate of drug-likeness (QED) is 0.305. The van der Waals surface area contributed by atoms with E-state index in [9.17, 15) is 15.0 Å². The highest BCUT2D eigenvalue weighted by Gasteiger charge is 2.47. The van der Waals surface area contributed by atoms with Gasteiger partial charge in [-0.3, -0.25) is 4.79 Å². The number of hydrogen-bond acceptors (Lipinski definition) is 5. The maximum atomic E-state index is 11.3. The first kappa shape index (κ1) is 25.6. The van der Waals surface area contributed by atoms with Crippen LogP contribution >= 0.6 is 0 Å². The summed E-state index contributed by atoms with van der Waals surface area (Å²) < 4.78 is 11.8. The van der Waals surface area contributed by atoms with Crippen LogP contribution < -0.4 is 0 Å². The van der Waals surface area contributed by atoms with Crippen molar-refractivity contribution in [2.75, 3.05) is 13.2 Å². The molecule has 2 bridgehead atoms. The van der Waals surface area contributed by atoms with Gasteiger partial charge in [0.1, 0.15) is 0 Å². The number of allylic oxidation sites excluding steroid dienone is 2. The number of aliphatic carboxylic acids is 1. The Kier molecular flexibility index (Phi) is 9.68. The van der Waals surface area contributed by atoms with E-state index < -0.39 is 17.9 Å². The smallest absolute Gasteiger partial charge is 0.303 e. The van der Waals surface area contributed by atoms with E-state index in [1.807, 2.05) is 24.3 Å². The zero-order chi connectivity index (χ0) is 23.7. The van der Waals surface area contributed by atoms with Gasteiger partial charge in [0.2, 0.25) is 0 Å². The third-order valence-corrected chi connectivity index (χ3v) is 6.49. The normalized spacial score (nSPS) is 28.9. The molecule has 1 aromatic rings. The number of ether oxygens (including phenoxy) is 2. The standard InChI is InChI=1S/C27H38O6/c1-2-15-32-16-13-20-8-7-9-21(17-20)19-27(31)14-12-22-23(25(33-27)18-24(22)28)10-5-3-4-6-11-26(29)30/h3,5,7-9,12,14,17,22-25,28,31H,2,4,6,10-11,13,15-16,18-19H2,1H3,(H,29,30)/t22-,23-,24+,25?,27?/m1/s1. The number of carbonyl (C=O) groups is 1. The molecule has 6 heteroatoms. The average Bonchev–Trinajstić information content (AvgIpc) is 2.97. The highest BCUT2D eigenvalue weighted by atomic mass is 16.6. The second-order valence-corrected chi connectivity index (χ2v) is 9.26. The lowest BCUT2D eigenvalue weighted by molar-refractivity contribution is -0.202. The van der Waals surface area contributed by atoms with Crippen LogP contribution in [0.3, 0.4) is 0 Å². The molecule has 2 unspecified atom stereocenters. The minimum absolute atomic E-state index is 0.0604. The summed E-state index contributed by atoms with van der Waals surface area (Å²) in [4.78, 5) is 10.6. The first-order chi connectivity index (χ1) is 15.9. The Morgan fingerprint density at radius 1 is 1.27 bits per heavy atom. The molecule has 5 atom stereocenters. The van der Waals surface area contributed by atoms with Crippen molar-refractivity contribution >= 4 is 5.97 Å². The second-order valence-electron chi connectivity index (χ2n) is 9.26. The van der Waals surface area contributed by atoms with Gasteiger partial charge in [0, 0.05) is 31.8 Å². The van der Waals surface area contributed by atoms with E-state index in [0.717, 1.165) is 37.9 Å². The van der Waals surface area contributed by atoms with E-state index >= 15 is 0 Å². The van der Waals surface area contributed by atoms with Crippen molar-refractivity contribution in [1.29, 1.82) is 0 Å². The van der Waals surface area contributed by atoms with Crippen molar-refractivity contribution < 1.29 is 29.6 Å². The lowest BCUT2D eigenvalue weighted by Gasteiger charge is -2.30. The van der Waals surface area contributed by atoms with Gasteiger partial charge in [-0.2, -0.15) is 0 Å². The Labute approximate surface area is 196 Å². The summed E-state index contributed by atoms with van der Waals surface area (Å²) in [5, 5.41) is 30.5. The molecule has 3 rings (SSSR count). The molecule has 2 aliphatic rings. The number of aliphatic hydroxyl groups excluding tert-OH is 1. The number of benzene rings is 1. The molecular formula is C27H38O6. The van der Waals surface area contributed by atoms with Crippen LogP contribution in [-0.4, -0.2) is 52.5 Å². The largest absolute Gasteiger partial charge is 0.481 e. The predicted octanol–water partition coefficient (Wildman–Crippen LogP) is 4.04. The van der Waals surface area contributed by atoms with E-state index in [0.29, 0.717) is 25.9 Å². The van der Waals surface area contributed by atoms with Crippen LogP contribution in [0.2, 0.25) is 0 Å². The molecular weight excluding hydrogens is 420 g/mol. The fraction of sp³-hybridized carbons (Fsp3) is 0.593. The maximum absolute atomic E-state index is 11.3. The summed E-state index contributed by atoms with van der Waals surface area (Å²) >= 11 is 0. The van der Waals surface area contributed by atoms with Gasteiger partial charge < -0.3 is 24.8 Å². The second kappa shape index (κ2) is 12.5. The van der Waals surface area contributed by atoms with Crippen molar-refractivity contribution in [3.63, 3.8) is 0 Å². The molecule has 1 heterocycles. The van der Waals surface area contributed by atoms with Gasteiger partial charge in [0.15, 0.2) is 5.79 Å². The fourth-order valence-electron chi connectivity index (χ4n) is 4.85. The number of hydrogen-bond donors (Lipinski definition) is 3. The zero-order valence-electron chi connectivity index (χ0n) is 19.6. The average molecular weight is 459 g/mol. The molecule has 1 saturated carbocycles. The molecule has 1 fully saturated rings. The molecule has 33 heavy (non-hydrogen) atoms. The molecule has 1 aliphatic heterocycles. The maximum Gasteiger partial charge on any atom is 0.303 e. The van der Waals surface area contributed by atoms with Crippen LogP contribution in [0.4, 0.5) is 0 Å². The molecule has 1 aliphatic carbocycles. The molecule has 0 amide bonds. The summed E-state index contributed by atoms with van der Waals surface area (Å²) in [5.41, 5.74) is 2.18. The summed E-state index contributed by atoms with van der Waals surface area (Å²) in [7, 11) is 0. The predicted molar refractivity (Wildman–Crippen MR) is 127 cm³/mol. The minimum Gasteiger partial charge on any atom is -0.481 e. The van der Waals surface area contributed by atoms with Gasteiger partial charge in [-0.05, 0) is 55.2 Å². The Bertz CT molecular complexity index is 819. The number of rotatable bonds is 13. The number of aliphatic hydroxyl groups is 2. The Morgan fingerprint density at radius 2 is 2.09 bits per heavy atom. The molecule has 1 aromatic carbocycles. The molecule has 6 nitrogen and oxygen atoms in total. The van der Waals surface area contributed by atoms with E-state index in [-0.39, 0.29) is 24.4 Å². The van der Waals surface area contributed by atoms with Crippen LogP contribution in [0.5, 0.6) is 0 Å². The summed E-state index contributed by atoms with van der Waals surface area (Å²) in [6.07, 6.45) is 11.9. The molecule has 0 radical (unpaired) electrons. The number of fused-ring (bicyclic) bond motifs is 2. The summed E-state index contributed by atoms with van der Waals surface area (Å²) in [5.74, 6) is -2.15. The third kappa shape index (κ3) is 7.78. The summed E-state index contributed by atoms with van der Waals surface area (Å²) in [6.45, 7) is 3.55. The SMILES string of the molecule is CCCOCCc1cccc(CC2(O)C=C[C@H]3[C@@H](O)CC(O2)[C@@H]3CC=CCCCC(=O)O)c1. The van der Waals surface area contributed by atoms with Gasteiger partial charge in [0.05, 0.1) is 18.8 Å². The Hall–Kier alpha value is -1.99. The number of unbranched alkanes of at least 4 members (excludes halogenated alkanes) is 1. The van der Waals surface area contributed by atoms with Gasteiger partial charge >= 0.3 is 5.97 Å². The van der Waals surface area contributed by atoms with Gasteiger partial charge in [0.25, 0.3) is 0 Å². The topological polar surface area (TPSA) is 96.2 Å². The lowest BCUT2D eigenvalue weighted by atomic mass is 9.90. The monoisotopic (exact) mass is 458 g/mol. The lowest BCUT2D eigenvalue weighted by Crippen LogP contribution is -2.37.